The lowest BCUT2D eigenvalue weighted by molar-refractivity contribution is -0.134. The third-order valence-corrected chi connectivity index (χ3v) is 6.37. The predicted octanol–water partition coefficient (Wildman–Crippen LogP) is 1.36. The van der Waals surface area contributed by atoms with Gasteiger partial charge in [0, 0.05) is 52.6 Å². The Balaban J connectivity index is 1.80. The van der Waals surface area contributed by atoms with Crippen LogP contribution in [0.25, 0.3) is 0 Å². The summed E-state index contributed by atoms with van der Waals surface area (Å²) < 4.78 is 1.57. The van der Waals surface area contributed by atoms with Crippen LogP contribution < -0.4 is 5.32 Å². The van der Waals surface area contributed by atoms with Gasteiger partial charge in [-0.1, -0.05) is 30.3 Å². The molecule has 0 unspecified atom stereocenters. The first-order chi connectivity index (χ1) is 14.3. The molecule has 2 aromatic rings. The highest BCUT2D eigenvalue weighted by molar-refractivity contribution is 5.93. The van der Waals surface area contributed by atoms with E-state index in [-0.39, 0.29) is 29.7 Å². The number of carbonyl (C=O) groups is 3. The fourth-order valence-corrected chi connectivity index (χ4v) is 5.14. The van der Waals surface area contributed by atoms with Crippen LogP contribution in [0.1, 0.15) is 42.4 Å². The normalized spacial score (nSPS) is 25.7. The minimum Gasteiger partial charge on any atom is -0.347 e. The fraction of sp³-hybridized carbons (Fsp3) is 0.455. The van der Waals surface area contributed by atoms with Crippen LogP contribution in [0.5, 0.6) is 0 Å². The van der Waals surface area contributed by atoms with E-state index >= 15 is 0 Å². The quantitative estimate of drug-likeness (QED) is 0.829. The zero-order chi connectivity index (χ0) is 21.5. The van der Waals surface area contributed by atoms with E-state index in [2.05, 4.69) is 10.4 Å². The van der Waals surface area contributed by atoms with Gasteiger partial charge < -0.3 is 15.1 Å². The Hall–Kier alpha value is -3.16. The van der Waals surface area contributed by atoms with E-state index in [0.717, 1.165) is 5.56 Å². The summed E-state index contributed by atoms with van der Waals surface area (Å²) in [5.74, 6) is -0.313. The molecule has 2 saturated heterocycles. The molecular formula is C22H27N5O3. The minimum atomic E-state index is -0.690. The number of rotatable bonds is 3. The summed E-state index contributed by atoms with van der Waals surface area (Å²) in [4.78, 5) is 41.5. The van der Waals surface area contributed by atoms with Gasteiger partial charge in [-0.05, 0) is 18.1 Å². The molecule has 3 amide bonds. The number of fused-ring (bicyclic) bond motifs is 1. The van der Waals surface area contributed by atoms with Crippen LogP contribution in [0.3, 0.4) is 0 Å². The molecule has 3 atom stereocenters. The molecule has 1 aromatic carbocycles. The van der Waals surface area contributed by atoms with Crippen LogP contribution in [0.15, 0.2) is 42.6 Å². The first kappa shape index (κ1) is 20.1. The molecule has 2 aliphatic rings. The fourth-order valence-electron chi connectivity index (χ4n) is 5.14. The monoisotopic (exact) mass is 409 g/mol. The average molecular weight is 409 g/mol. The Morgan fingerprint density at radius 1 is 1.10 bits per heavy atom. The molecule has 0 bridgehead atoms. The first-order valence-electron chi connectivity index (χ1n) is 10.2. The van der Waals surface area contributed by atoms with Crippen molar-refractivity contribution in [3.8, 4) is 0 Å². The lowest BCUT2D eigenvalue weighted by atomic mass is 9.75. The highest BCUT2D eigenvalue weighted by Gasteiger charge is 2.57. The molecule has 4 rings (SSSR count). The third kappa shape index (κ3) is 3.36. The molecule has 30 heavy (non-hydrogen) atoms. The Labute approximate surface area is 175 Å². The molecule has 8 heteroatoms. The zero-order valence-electron chi connectivity index (χ0n) is 17.5. The van der Waals surface area contributed by atoms with Gasteiger partial charge in [0.1, 0.15) is 5.69 Å². The molecule has 1 aromatic heterocycles. The van der Waals surface area contributed by atoms with Crippen LogP contribution in [0.2, 0.25) is 0 Å². The van der Waals surface area contributed by atoms with Gasteiger partial charge in [0.15, 0.2) is 0 Å². The first-order valence-corrected chi connectivity index (χ1v) is 10.2. The number of hydrogen-bond donors (Lipinski definition) is 1. The molecular weight excluding hydrogens is 382 g/mol. The van der Waals surface area contributed by atoms with E-state index in [1.165, 1.54) is 6.92 Å². The molecule has 2 fully saturated rings. The van der Waals surface area contributed by atoms with Gasteiger partial charge in [-0.25, -0.2) is 0 Å². The second-order valence-electron chi connectivity index (χ2n) is 8.30. The van der Waals surface area contributed by atoms with Crippen molar-refractivity contribution in [2.45, 2.75) is 31.8 Å². The second kappa shape index (κ2) is 7.59. The van der Waals surface area contributed by atoms with Crippen molar-refractivity contribution in [2.24, 2.45) is 13.0 Å². The summed E-state index contributed by atoms with van der Waals surface area (Å²) in [5.41, 5.74) is 0.835. The summed E-state index contributed by atoms with van der Waals surface area (Å²) in [6.45, 7) is 4.37. The maximum atomic E-state index is 13.6. The standard InChI is InChI=1S/C22H27N5O3/c1-15(28)24-22-13-26(16(2)29)12-10-18(22)20(17-7-5-4-6-8-17)27(14-22)21(30)19-9-11-23-25(19)3/h4-9,11,18,20H,10,12-14H2,1-3H3,(H,24,28)/t18-,20-,22-/m1/s1. The summed E-state index contributed by atoms with van der Waals surface area (Å²) in [6, 6.07) is 11.4. The molecule has 1 N–H and O–H groups in total. The Morgan fingerprint density at radius 2 is 1.83 bits per heavy atom. The molecule has 0 saturated carbocycles. The number of aromatic nitrogens is 2. The molecule has 0 aliphatic carbocycles. The van der Waals surface area contributed by atoms with E-state index in [1.807, 2.05) is 35.2 Å². The summed E-state index contributed by atoms with van der Waals surface area (Å²) in [7, 11) is 1.74. The molecule has 3 heterocycles. The third-order valence-electron chi connectivity index (χ3n) is 6.37. The molecule has 0 spiro atoms. The number of piperidine rings is 1. The second-order valence-corrected chi connectivity index (χ2v) is 8.30. The van der Waals surface area contributed by atoms with Gasteiger partial charge in [-0.3, -0.25) is 19.1 Å². The molecule has 2 aliphatic heterocycles. The van der Waals surface area contributed by atoms with Crippen molar-refractivity contribution < 1.29 is 14.4 Å². The Bertz CT molecular complexity index is 972. The van der Waals surface area contributed by atoms with Gasteiger partial charge in [0.25, 0.3) is 5.91 Å². The van der Waals surface area contributed by atoms with Crippen LogP contribution in [0.4, 0.5) is 0 Å². The van der Waals surface area contributed by atoms with Crippen molar-refractivity contribution in [3.63, 3.8) is 0 Å². The van der Waals surface area contributed by atoms with Gasteiger partial charge in [-0.15, -0.1) is 0 Å². The van der Waals surface area contributed by atoms with Crippen molar-refractivity contribution in [1.82, 2.24) is 24.9 Å². The summed E-state index contributed by atoms with van der Waals surface area (Å²) in [6.07, 6.45) is 2.31. The number of amides is 3. The highest BCUT2D eigenvalue weighted by Crippen LogP contribution is 2.48. The topological polar surface area (TPSA) is 87.5 Å². The van der Waals surface area contributed by atoms with E-state index in [9.17, 15) is 14.4 Å². The molecule has 0 radical (unpaired) electrons. The van der Waals surface area contributed by atoms with Gasteiger partial charge in [-0.2, -0.15) is 5.10 Å². The number of carbonyl (C=O) groups excluding carboxylic acids is 3. The van der Waals surface area contributed by atoms with Crippen LogP contribution in [-0.2, 0) is 16.6 Å². The Morgan fingerprint density at radius 3 is 2.43 bits per heavy atom. The van der Waals surface area contributed by atoms with Crippen molar-refractivity contribution in [2.75, 3.05) is 19.6 Å². The SMILES string of the molecule is CC(=O)N[C@@]12CN(C(C)=O)CC[C@@H]1[C@@H](c1ccccc1)N(C(=O)c1ccnn1C)C2. The smallest absolute Gasteiger partial charge is 0.272 e. The van der Waals surface area contributed by atoms with E-state index < -0.39 is 5.54 Å². The highest BCUT2D eigenvalue weighted by atomic mass is 16.2. The van der Waals surface area contributed by atoms with E-state index in [1.54, 1.807) is 35.8 Å². The number of nitrogens with zero attached hydrogens (tertiary/aromatic N) is 4. The predicted molar refractivity (Wildman–Crippen MR) is 110 cm³/mol. The molecule has 8 nitrogen and oxygen atoms in total. The minimum absolute atomic E-state index is 0.00317. The largest absolute Gasteiger partial charge is 0.347 e. The van der Waals surface area contributed by atoms with Gasteiger partial charge in [0.2, 0.25) is 11.8 Å². The van der Waals surface area contributed by atoms with Gasteiger partial charge in [0.05, 0.1) is 11.6 Å². The van der Waals surface area contributed by atoms with Crippen LogP contribution >= 0.6 is 0 Å². The summed E-state index contributed by atoms with van der Waals surface area (Å²) >= 11 is 0. The average Bonchev–Trinajstić information content (AvgIpc) is 3.28. The summed E-state index contributed by atoms with van der Waals surface area (Å²) in [5, 5.41) is 7.28. The maximum absolute atomic E-state index is 13.6. The van der Waals surface area contributed by atoms with E-state index in [0.29, 0.717) is 31.7 Å². The van der Waals surface area contributed by atoms with Crippen molar-refractivity contribution in [1.29, 1.82) is 0 Å². The van der Waals surface area contributed by atoms with E-state index in [4.69, 9.17) is 0 Å². The number of benzene rings is 1. The lowest BCUT2D eigenvalue weighted by Crippen LogP contribution is -2.64. The number of hydrogen-bond acceptors (Lipinski definition) is 4. The number of nitrogens with one attached hydrogen (secondary N) is 1. The molecule has 158 valence electrons. The van der Waals surface area contributed by atoms with Crippen LogP contribution in [0, 0.1) is 5.92 Å². The van der Waals surface area contributed by atoms with Crippen molar-refractivity contribution in [3.05, 3.63) is 53.9 Å². The van der Waals surface area contributed by atoms with Crippen molar-refractivity contribution >= 4 is 17.7 Å². The number of aryl methyl sites for hydroxylation is 1. The van der Waals surface area contributed by atoms with Gasteiger partial charge >= 0.3 is 0 Å². The Kier molecular flexibility index (Phi) is 5.09. The number of likely N-dealkylation sites (tertiary alicyclic amines) is 2. The maximum Gasteiger partial charge on any atom is 0.272 e. The zero-order valence-corrected chi connectivity index (χ0v) is 17.5. The lowest BCUT2D eigenvalue weighted by Gasteiger charge is -2.45. The van der Waals surface area contributed by atoms with Crippen LogP contribution in [-0.4, -0.2) is 62.5 Å².